The van der Waals surface area contributed by atoms with Gasteiger partial charge in [-0.05, 0) is 55.3 Å². The Labute approximate surface area is 171 Å². The van der Waals surface area contributed by atoms with Crippen LogP contribution in [0, 0.1) is 6.92 Å². The molecule has 0 atom stereocenters. The molecule has 0 unspecified atom stereocenters. The number of aryl methyl sites for hydroxylation is 1. The molecule has 140 valence electrons. The summed E-state index contributed by atoms with van der Waals surface area (Å²) in [7, 11) is 0. The Kier molecular flexibility index (Phi) is 6.70. The number of fused-ring (bicyclic) bond motifs is 1. The molecule has 0 amide bonds. The maximum Gasteiger partial charge on any atom is 0.263 e. The van der Waals surface area contributed by atoms with Crippen molar-refractivity contribution in [1.29, 1.82) is 0 Å². The van der Waals surface area contributed by atoms with Crippen molar-refractivity contribution in [1.82, 2.24) is 0 Å². The minimum absolute atomic E-state index is 0.643. The van der Waals surface area contributed by atoms with Crippen molar-refractivity contribution in [3.63, 3.8) is 0 Å². The van der Waals surface area contributed by atoms with Gasteiger partial charge >= 0.3 is 0 Å². The Morgan fingerprint density at radius 1 is 1.19 bits per heavy atom. The van der Waals surface area contributed by atoms with E-state index in [0.29, 0.717) is 5.88 Å². The van der Waals surface area contributed by atoms with Crippen LogP contribution >= 0.6 is 22.9 Å². The van der Waals surface area contributed by atoms with E-state index in [9.17, 15) is 0 Å². The summed E-state index contributed by atoms with van der Waals surface area (Å²) in [6, 6.07) is 15.2. The molecule has 0 aliphatic rings. The quantitative estimate of drug-likeness (QED) is 0.260. The summed E-state index contributed by atoms with van der Waals surface area (Å²) >= 11 is 7.74. The van der Waals surface area contributed by atoms with E-state index in [4.69, 9.17) is 11.6 Å². The zero-order valence-electron chi connectivity index (χ0n) is 16.0. The van der Waals surface area contributed by atoms with Gasteiger partial charge in [-0.1, -0.05) is 36.1 Å². The van der Waals surface area contributed by atoms with E-state index in [1.165, 1.54) is 32.0 Å². The fourth-order valence-corrected chi connectivity index (χ4v) is 4.55. The summed E-state index contributed by atoms with van der Waals surface area (Å²) in [5.74, 6) is 0.643. The zero-order valence-corrected chi connectivity index (χ0v) is 17.6. The van der Waals surface area contributed by atoms with Crippen LogP contribution in [0.3, 0.4) is 0 Å². The smallest absolute Gasteiger partial charge is 0.263 e. The van der Waals surface area contributed by atoms with E-state index in [-0.39, 0.29) is 0 Å². The largest absolute Gasteiger partial charge is 0.371 e. The predicted octanol–water partition coefficient (Wildman–Crippen LogP) is 5.92. The minimum atomic E-state index is 0.643. The van der Waals surface area contributed by atoms with Crippen molar-refractivity contribution in [3.8, 4) is 0 Å². The van der Waals surface area contributed by atoms with Gasteiger partial charge < -0.3 is 4.90 Å². The Morgan fingerprint density at radius 3 is 2.70 bits per heavy atom. The highest BCUT2D eigenvalue weighted by molar-refractivity contribution is 7.18. The summed E-state index contributed by atoms with van der Waals surface area (Å²) in [6.07, 6.45) is 6.38. The molecular formula is C23H26ClN2S+. The molecule has 0 N–H and O–H groups in total. The molecule has 1 aromatic heterocycles. The van der Waals surface area contributed by atoms with Crippen LogP contribution in [-0.4, -0.2) is 19.0 Å². The first kappa shape index (κ1) is 19.7. The molecule has 0 aliphatic heterocycles. The number of halogens is 1. The lowest BCUT2D eigenvalue weighted by Crippen LogP contribution is -2.33. The summed E-state index contributed by atoms with van der Waals surface area (Å²) in [5, 5.41) is 1.23. The maximum absolute atomic E-state index is 5.93. The fraction of sp³-hybridized carbons (Fsp3) is 0.261. The van der Waals surface area contributed by atoms with Gasteiger partial charge in [0, 0.05) is 36.8 Å². The molecule has 2 nitrogen and oxygen atoms in total. The van der Waals surface area contributed by atoms with Crippen molar-refractivity contribution in [2.75, 3.05) is 23.9 Å². The summed E-state index contributed by atoms with van der Waals surface area (Å²) in [5.41, 5.74) is 5.00. The zero-order chi connectivity index (χ0) is 19.2. The molecule has 2 aromatic carbocycles. The van der Waals surface area contributed by atoms with E-state index in [1.54, 1.807) is 0 Å². The molecule has 0 aliphatic carbocycles. The normalized spacial score (nSPS) is 11.4. The summed E-state index contributed by atoms with van der Waals surface area (Å²) < 4.78 is 3.61. The van der Waals surface area contributed by atoms with Gasteiger partial charge in [0.2, 0.25) is 5.52 Å². The standard InChI is InChI=1S/C23H26ClN2S/c1-4-15-26-21-8-6-7-9-22(21)27-23(26)13-11-19-10-12-20(17-18(19)3)25(5-2)16-14-24/h4,6-13,17H,1,5,14-16H2,2-3H3/q+1. The van der Waals surface area contributed by atoms with E-state index in [2.05, 4.69) is 84.5 Å². The molecule has 3 rings (SSSR count). The first-order chi connectivity index (χ1) is 13.2. The Hall–Kier alpha value is -2.10. The van der Waals surface area contributed by atoms with E-state index in [0.717, 1.165) is 19.6 Å². The second-order valence-corrected chi connectivity index (χ2v) is 7.89. The number of para-hydroxylation sites is 1. The molecule has 27 heavy (non-hydrogen) atoms. The lowest BCUT2D eigenvalue weighted by atomic mass is 10.1. The third kappa shape index (κ3) is 4.42. The van der Waals surface area contributed by atoms with Gasteiger partial charge in [-0.2, -0.15) is 4.57 Å². The number of benzene rings is 2. The van der Waals surface area contributed by atoms with Crippen LogP contribution in [0.15, 0.2) is 55.1 Å². The van der Waals surface area contributed by atoms with Gasteiger partial charge in [0.05, 0.1) is 0 Å². The third-order valence-electron chi connectivity index (χ3n) is 4.71. The number of alkyl halides is 1. The van der Waals surface area contributed by atoms with Crippen molar-refractivity contribution in [3.05, 3.63) is 71.3 Å². The van der Waals surface area contributed by atoms with Crippen LogP contribution in [0.4, 0.5) is 5.69 Å². The monoisotopic (exact) mass is 397 g/mol. The molecule has 0 saturated carbocycles. The third-order valence-corrected chi connectivity index (χ3v) is 6.01. The van der Waals surface area contributed by atoms with E-state index in [1.807, 2.05) is 17.4 Å². The van der Waals surface area contributed by atoms with Crippen LogP contribution in [0.2, 0.25) is 0 Å². The van der Waals surface area contributed by atoms with Crippen molar-refractivity contribution in [2.24, 2.45) is 0 Å². The average Bonchev–Trinajstić information content (AvgIpc) is 3.03. The minimum Gasteiger partial charge on any atom is -0.371 e. The molecule has 1 heterocycles. The Balaban J connectivity index is 1.91. The van der Waals surface area contributed by atoms with E-state index >= 15 is 0 Å². The fourth-order valence-electron chi connectivity index (χ4n) is 3.27. The number of hydrogen-bond donors (Lipinski definition) is 0. The van der Waals surface area contributed by atoms with Crippen LogP contribution in [-0.2, 0) is 6.54 Å². The van der Waals surface area contributed by atoms with Gasteiger partial charge in [-0.3, -0.25) is 0 Å². The predicted molar refractivity (Wildman–Crippen MR) is 121 cm³/mol. The first-order valence-corrected chi connectivity index (χ1v) is 10.6. The number of anilines is 1. The highest BCUT2D eigenvalue weighted by Crippen LogP contribution is 2.24. The second-order valence-electron chi connectivity index (χ2n) is 6.45. The van der Waals surface area contributed by atoms with Crippen molar-refractivity contribution >= 4 is 51.0 Å². The Bertz CT molecular complexity index is 958. The molecule has 0 saturated heterocycles. The van der Waals surface area contributed by atoms with Gasteiger partial charge in [-0.25, -0.2) is 0 Å². The van der Waals surface area contributed by atoms with Gasteiger partial charge in [-0.15, -0.1) is 11.6 Å². The number of rotatable bonds is 8. The van der Waals surface area contributed by atoms with Crippen LogP contribution < -0.4 is 9.47 Å². The molecule has 0 fully saturated rings. The highest BCUT2D eigenvalue weighted by Gasteiger charge is 2.16. The first-order valence-electron chi connectivity index (χ1n) is 9.29. The molecule has 0 spiro atoms. The van der Waals surface area contributed by atoms with Gasteiger partial charge in [0.1, 0.15) is 4.70 Å². The lowest BCUT2D eigenvalue weighted by Gasteiger charge is -2.22. The number of thiazole rings is 1. The number of allylic oxidation sites excluding steroid dienone is 1. The molecule has 4 heteroatoms. The number of hydrogen-bond acceptors (Lipinski definition) is 2. The second kappa shape index (κ2) is 9.20. The average molecular weight is 398 g/mol. The van der Waals surface area contributed by atoms with Crippen LogP contribution in [0.25, 0.3) is 22.4 Å². The van der Waals surface area contributed by atoms with Crippen LogP contribution in [0.1, 0.15) is 23.1 Å². The highest BCUT2D eigenvalue weighted by atomic mass is 35.5. The SMILES string of the molecule is C=CC[n+]1c(/C=C/c2ccc(N(CC)CCCl)cc2C)sc2ccccc21. The lowest BCUT2D eigenvalue weighted by molar-refractivity contribution is -0.658. The summed E-state index contributed by atoms with van der Waals surface area (Å²) in [6.45, 7) is 10.9. The number of aromatic nitrogens is 1. The summed E-state index contributed by atoms with van der Waals surface area (Å²) in [4.78, 5) is 2.30. The van der Waals surface area contributed by atoms with Crippen LogP contribution in [0.5, 0.6) is 0 Å². The molecule has 0 radical (unpaired) electrons. The Morgan fingerprint density at radius 2 is 2.00 bits per heavy atom. The molecule has 0 bridgehead atoms. The molecule has 3 aromatic rings. The van der Waals surface area contributed by atoms with Crippen molar-refractivity contribution in [2.45, 2.75) is 20.4 Å². The maximum atomic E-state index is 5.93. The van der Waals surface area contributed by atoms with Gasteiger partial charge in [0.25, 0.3) is 5.01 Å². The molecular weight excluding hydrogens is 372 g/mol. The van der Waals surface area contributed by atoms with Gasteiger partial charge in [0.15, 0.2) is 6.54 Å². The van der Waals surface area contributed by atoms with E-state index < -0.39 is 0 Å². The number of nitrogens with zero attached hydrogens (tertiary/aromatic N) is 2. The van der Waals surface area contributed by atoms with Crippen molar-refractivity contribution < 1.29 is 4.57 Å². The topological polar surface area (TPSA) is 7.12 Å².